The molecule has 1 N–H and O–H groups in total. The Morgan fingerprint density at radius 3 is 2.45 bits per heavy atom. The molecule has 6 nitrogen and oxygen atoms in total. The number of nitrogens with one attached hydrogen (secondary N) is 1. The van der Waals surface area contributed by atoms with Gasteiger partial charge in [-0.3, -0.25) is 0 Å². The first kappa shape index (κ1) is 22.9. The fourth-order valence-electron chi connectivity index (χ4n) is 3.67. The number of H-pyrrole nitrogens is 1. The molecular weight excluding hydrogens is 441 g/mol. The second-order valence-corrected chi connectivity index (χ2v) is 10.8. The largest absolute Gasteiger partial charge is 0.493 e. The van der Waals surface area contributed by atoms with Crippen molar-refractivity contribution in [2.45, 2.75) is 31.2 Å². The number of pyridine rings is 1. The van der Waals surface area contributed by atoms with Gasteiger partial charge in [0.15, 0.2) is 11.6 Å². The number of aromatic amines is 1. The Hall–Kier alpha value is -3.23. The van der Waals surface area contributed by atoms with Crippen LogP contribution in [0.15, 0.2) is 65.8 Å². The van der Waals surface area contributed by atoms with Crippen molar-refractivity contribution in [2.24, 2.45) is 0 Å². The Morgan fingerprint density at radius 1 is 1.03 bits per heavy atom. The third kappa shape index (κ3) is 4.12. The van der Waals surface area contributed by atoms with Gasteiger partial charge in [-0.1, -0.05) is 24.3 Å². The monoisotopic (exact) mass is 467 g/mol. The molecule has 0 atom stereocenters. The van der Waals surface area contributed by atoms with E-state index in [2.05, 4.69) is 9.97 Å². The number of fused-ring (bicyclic) bond motifs is 1. The number of nitrogens with zero attached hydrogens (tertiary/aromatic N) is 2. The summed E-state index contributed by atoms with van der Waals surface area (Å²) >= 11 is 0. The van der Waals surface area contributed by atoms with E-state index in [1.807, 2.05) is 32.9 Å². The molecule has 0 saturated carbocycles. The Morgan fingerprint density at radius 2 is 1.76 bits per heavy atom. The lowest BCUT2D eigenvalue weighted by Crippen LogP contribution is -2.42. The van der Waals surface area contributed by atoms with E-state index in [4.69, 9.17) is 4.74 Å². The predicted octanol–water partition coefficient (Wildman–Crippen LogP) is 5.46. The number of hydrogen-bond donors (Lipinski definition) is 1. The zero-order chi connectivity index (χ0) is 24.0. The first-order valence-electron chi connectivity index (χ1n) is 10.4. The molecule has 0 aliphatic rings. The van der Waals surface area contributed by atoms with E-state index in [0.717, 1.165) is 16.5 Å². The smallest absolute Gasteiger partial charge is 0.243 e. The highest BCUT2D eigenvalue weighted by atomic mass is 32.2. The number of para-hydroxylation sites is 1. The predicted molar refractivity (Wildman–Crippen MR) is 128 cm³/mol. The molecule has 4 rings (SSSR count). The van der Waals surface area contributed by atoms with Crippen LogP contribution in [0.2, 0.25) is 0 Å². The van der Waals surface area contributed by atoms with Gasteiger partial charge in [-0.25, -0.2) is 17.8 Å². The van der Waals surface area contributed by atoms with Gasteiger partial charge in [-0.2, -0.15) is 4.31 Å². The quantitative estimate of drug-likeness (QED) is 0.423. The zero-order valence-corrected chi connectivity index (χ0v) is 20.0. The number of benzene rings is 2. The van der Waals surface area contributed by atoms with Crippen molar-refractivity contribution in [1.82, 2.24) is 14.3 Å². The summed E-state index contributed by atoms with van der Waals surface area (Å²) in [5.74, 6) is -0.295. The van der Waals surface area contributed by atoms with E-state index in [0.29, 0.717) is 16.8 Å². The van der Waals surface area contributed by atoms with Crippen LogP contribution in [0.25, 0.3) is 33.3 Å². The minimum atomic E-state index is -3.68. The van der Waals surface area contributed by atoms with Gasteiger partial charge >= 0.3 is 0 Å². The summed E-state index contributed by atoms with van der Waals surface area (Å²) in [5, 5.41) is 0.775. The number of halogens is 1. The fraction of sp³-hybridized carbons (Fsp3) is 0.240. The highest BCUT2D eigenvalue weighted by Gasteiger charge is 2.30. The third-order valence-electron chi connectivity index (χ3n) is 5.76. The Labute approximate surface area is 193 Å². The molecule has 0 spiro atoms. The number of sulfonamides is 1. The van der Waals surface area contributed by atoms with Crippen molar-refractivity contribution >= 4 is 21.1 Å². The highest BCUT2D eigenvalue weighted by Crippen LogP contribution is 2.37. The average Bonchev–Trinajstić information content (AvgIpc) is 3.21. The molecule has 172 valence electrons. The molecule has 0 saturated heterocycles. The number of ether oxygens (including phenoxy) is 1. The van der Waals surface area contributed by atoms with Crippen LogP contribution in [0.5, 0.6) is 5.75 Å². The van der Waals surface area contributed by atoms with Gasteiger partial charge in [-0.15, -0.1) is 0 Å². The molecule has 0 bridgehead atoms. The van der Waals surface area contributed by atoms with E-state index in [1.54, 1.807) is 49.8 Å². The topological polar surface area (TPSA) is 75.3 Å². The number of rotatable bonds is 5. The Bertz CT molecular complexity index is 1440. The van der Waals surface area contributed by atoms with Gasteiger partial charge in [0.1, 0.15) is 5.65 Å². The van der Waals surface area contributed by atoms with Gasteiger partial charge in [0.2, 0.25) is 10.0 Å². The molecule has 0 fully saturated rings. The Balaban J connectivity index is 1.83. The minimum absolute atomic E-state index is 0.155. The van der Waals surface area contributed by atoms with E-state index in [1.165, 1.54) is 17.5 Å². The van der Waals surface area contributed by atoms with Crippen LogP contribution in [0.3, 0.4) is 0 Å². The molecule has 0 aliphatic carbocycles. The van der Waals surface area contributed by atoms with Crippen LogP contribution < -0.4 is 4.74 Å². The molecule has 2 aromatic carbocycles. The summed E-state index contributed by atoms with van der Waals surface area (Å²) in [6, 6.07) is 13.5. The average molecular weight is 468 g/mol. The van der Waals surface area contributed by atoms with Crippen LogP contribution in [0, 0.1) is 5.82 Å². The molecule has 33 heavy (non-hydrogen) atoms. The highest BCUT2D eigenvalue weighted by molar-refractivity contribution is 7.89. The van der Waals surface area contributed by atoms with Gasteiger partial charge in [0, 0.05) is 47.1 Å². The summed E-state index contributed by atoms with van der Waals surface area (Å²) in [4.78, 5) is 7.82. The molecule has 0 unspecified atom stereocenters. The zero-order valence-electron chi connectivity index (χ0n) is 19.2. The molecule has 8 heteroatoms. The van der Waals surface area contributed by atoms with Crippen molar-refractivity contribution in [1.29, 1.82) is 0 Å². The fourth-order valence-corrected chi connectivity index (χ4v) is 5.23. The van der Waals surface area contributed by atoms with E-state index in [9.17, 15) is 12.8 Å². The second kappa shape index (κ2) is 8.28. The van der Waals surface area contributed by atoms with Crippen LogP contribution in [0.1, 0.15) is 20.8 Å². The first-order valence-corrected chi connectivity index (χ1v) is 11.9. The normalized spacial score (nSPS) is 12.5. The Kier molecular flexibility index (Phi) is 5.76. The lowest BCUT2D eigenvalue weighted by molar-refractivity contribution is 0.292. The van der Waals surface area contributed by atoms with Gasteiger partial charge in [0.25, 0.3) is 0 Å². The SMILES string of the molecule is COc1c(F)cccc1-c1c[nH]c2ncc(-c3cccc(S(=O)(=O)N(C)C(C)(C)C)c3)cc12. The van der Waals surface area contributed by atoms with Gasteiger partial charge in [-0.05, 0) is 50.6 Å². The van der Waals surface area contributed by atoms with Crippen molar-refractivity contribution in [3.05, 3.63) is 66.7 Å². The summed E-state index contributed by atoms with van der Waals surface area (Å²) in [7, 11) is -0.666. The van der Waals surface area contributed by atoms with E-state index in [-0.39, 0.29) is 10.6 Å². The molecule has 2 aromatic heterocycles. The summed E-state index contributed by atoms with van der Waals surface area (Å²) in [6.07, 6.45) is 3.45. The van der Waals surface area contributed by atoms with Crippen molar-refractivity contribution < 1.29 is 17.5 Å². The molecular formula is C25H26FN3O3S. The van der Waals surface area contributed by atoms with Gasteiger partial charge in [0.05, 0.1) is 12.0 Å². The maximum atomic E-state index is 14.3. The number of aromatic nitrogens is 2. The summed E-state index contributed by atoms with van der Waals surface area (Å²) < 4.78 is 47.2. The van der Waals surface area contributed by atoms with Crippen molar-refractivity contribution in [3.8, 4) is 28.0 Å². The van der Waals surface area contributed by atoms with E-state index >= 15 is 0 Å². The third-order valence-corrected chi connectivity index (χ3v) is 7.88. The van der Waals surface area contributed by atoms with E-state index < -0.39 is 21.4 Å². The standard InChI is InChI=1S/C25H26FN3O3S/c1-25(2,3)29(4)33(30,31)18-9-6-8-16(12-18)17-13-20-21(15-28-24(20)27-14-17)19-10-7-11-22(26)23(19)32-5/h6-15H,1-5H3,(H,27,28). The molecule has 2 heterocycles. The molecule has 0 radical (unpaired) electrons. The van der Waals surface area contributed by atoms with Crippen LogP contribution in [-0.2, 0) is 10.0 Å². The first-order chi connectivity index (χ1) is 15.5. The van der Waals surface area contributed by atoms with Crippen molar-refractivity contribution in [3.63, 3.8) is 0 Å². The summed E-state index contributed by atoms with van der Waals surface area (Å²) in [6.45, 7) is 5.54. The minimum Gasteiger partial charge on any atom is -0.493 e. The van der Waals surface area contributed by atoms with Crippen LogP contribution in [0.4, 0.5) is 4.39 Å². The van der Waals surface area contributed by atoms with Crippen LogP contribution >= 0.6 is 0 Å². The maximum Gasteiger partial charge on any atom is 0.243 e. The maximum absolute atomic E-state index is 14.3. The van der Waals surface area contributed by atoms with Gasteiger partial charge < -0.3 is 9.72 Å². The number of methoxy groups -OCH3 is 1. The lowest BCUT2D eigenvalue weighted by atomic mass is 10.0. The molecule has 0 amide bonds. The second-order valence-electron chi connectivity index (χ2n) is 8.81. The van der Waals surface area contributed by atoms with Crippen LogP contribution in [-0.4, -0.2) is 42.4 Å². The molecule has 0 aliphatic heterocycles. The lowest BCUT2D eigenvalue weighted by Gasteiger charge is -2.31. The van der Waals surface area contributed by atoms with Crippen molar-refractivity contribution in [2.75, 3.05) is 14.2 Å². The summed E-state index contributed by atoms with van der Waals surface area (Å²) in [5.41, 5.74) is 2.88. The number of hydrogen-bond acceptors (Lipinski definition) is 4. The molecule has 4 aromatic rings.